The minimum Gasteiger partial charge on any atom is -0.492 e. The van der Waals surface area contributed by atoms with Crippen molar-refractivity contribution in [1.82, 2.24) is 10.2 Å². The molecule has 0 saturated carbocycles. The van der Waals surface area contributed by atoms with Gasteiger partial charge < -0.3 is 10.1 Å². The van der Waals surface area contributed by atoms with Gasteiger partial charge in [-0.3, -0.25) is 4.90 Å². The van der Waals surface area contributed by atoms with Gasteiger partial charge in [0.05, 0.1) is 0 Å². The standard InChI is InChI=1S/C15H24N2OS/c1-16-13-14-3-5-15(6-4-14)18-10-8-17-7-2-11-19-12-9-17/h3-6,16H,2,7-13H2,1H3. The number of rotatable bonds is 6. The highest BCUT2D eigenvalue weighted by atomic mass is 32.2. The summed E-state index contributed by atoms with van der Waals surface area (Å²) >= 11 is 2.07. The van der Waals surface area contributed by atoms with Crippen LogP contribution in [-0.4, -0.2) is 49.7 Å². The molecule has 1 N–H and O–H groups in total. The lowest BCUT2D eigenvalue weighted by molar-refractivity contribution is 0.219. The van der Waals surface area contributed by atoms with Gasteiger partial charge in [-0.25, -0.2) is 0 Å². The predicted octanol–water partition coefficient (Wildman–Crippen LogP) is 2.22. The maximum Gasteiger partial charge on any atom is 0.119 e. The highest BCUT2D eigenvalue weighted by Crippen LogP contribution is 2.13. The molecule has 1 heterocycles. The van der Waals surface area contributed by atoms with Gasteiger partial charge in [0, 0.05) is 25.4 Å². The van der Waals surface area contributed by atoms with E-state index in [9.17, 15) is 0 Å². The van der Waals surface area contributed by atoms with Crippen molar-refractivity contribution in [2.24, 2.45) is 0 Å². The molecule has 4 heteroatoms. The van der Waals surface area contributed by atoms with Crippen LogP contribution in [0.15, 0.2) is 24.3 Å². The lowest BCUT2D eigenvalue weighted by atomic mass is 10.2. The Bertz CT molecular complexity index is 348. The number of ether oxygens (including phenoxy) is 1. The first-order chi connectivity index (χ1) is 9.38. The van der Waals surface area contributed by atoms with E-state index in [0.717, 1.165) is 25.4 Å². The van der Waals surface area contributed by atoms with Crippen LogP contribution in [-0.2, 0) is 6.54 Å². The molecule has 0 radical (unpaired) electrons. The number of nitrogens with one attached hydrogen (secondary N) is 1. The van der Waals surface area contributed by atoms with E-state index in [2.05, 4.69) is 46.2 Å². The molecule has 0 bridgehead atoms. The van der Waals surface area contributed by atoms with E-state index in [1.807, 2.05) is 7.05 Å². The molecule has 0 atom stereocenters. The van der Waals surface area contributed by atoms with Gasteiger partial charge in [-0.2, -0.15) is 11.8 Å². The molecule has 1 aromatic rings. The Kier molecular flexibility index (Phi) is 6.54. The number of benzene rings is 1. The zero-order valence-electron chi connectivity index (χ0n) is 11.7. The number of hydrogen-bond acceptors (Lipinski definition) is 4. The van der Waals surface area contributed by atoms with Crippen LogP contribution < -0.4 is 10.1 Å². The summed E-state index contributed by atoms with van der Waals surface area (Å²) in [6, 6.07) is 8.36. The molecular formula is C15H24N2OS. The van der Waals surface area contributed by atoms with Gasteiger partial charge in [0.25, 0.3) is 0 Å². The summed E-state index contributed by atoms with van der Waals surface area (Å²) in [6.07, 6.45) is 1.31. The van der Waals surface area contributed by atoms with Crippen molar-refractivity contribution in [1.29, 1.82) is 0 Å². The molecule has 1 aliphatic heterocycles. The fourth-order valence-corrected chi connectivity index (χ4v) is 3.15. The van der Waals surface area contributed by atoms with Crippen LogP contribution in [0.3, 0.4) is 0 Å². The highest BCUT2D eigenvalue weighted by molar-refractivity contribution is 7.99. The topological polar surface area (TPSA) is 24.5 Å². The van der Waals surface area contributed by atoms with Crippen LogP contribution in [0.25, 0.3) is 0 Å². The average Bonchev–Trinajstić information content (AvgIpc) is 2.70. The fraction of sp³-hybridized carbons (Fsp3) is 0.600. The van der Waals surface area contributed by atoms with E-state index < -0.39 is 0 Å². The maximum atomic E-state index is 5.81. The fourth-order valence-electron chi connectivity index (χ4n) is 2.22. The number of hydrogen-bond donors (Lipinski definition) is 1. The minimum absolute atomic E-state index is 0.788. The molecule has 106 valence electrons. The second-order valence-corrected chi connectivity index (χ2v) is 6.06. The Hall–Kier alpha value is -0.710. The first-order valence-corrected chi connectivity index (χ1v) is 8.20. The third-order valence-electron chi connectivity index (χ3n) is 3.30. The van der Waals surface area contributed by atoms with Gasteiger partial charge in [0.2, 0.25) is 0 Å². The Morgan fingerprint density at radius 3 is 2.84 bits per heavy atom. The molecule has 0 unspecified atom stereocenters. The Morgan fingerprint density at radius 2 is 2.05 bits per heavy atom. The monoisotopic (exact) mass is 280 g/mol. The molecule has 2 rings (SSSR count). The van der Waals surface area contributed by atoms with E-state index in [-0.39, 0.29) is 0 Å². The van der Waals surface area contributed by atoms with E-state index in [1.54, 1.807) is 0 Å². The second kappa shape index (κ2) is 8.46. The van der Waals surface area contributed by atoms with Gasteiger partial charge >= 0.3 is 0 Å². The summed E-state index contributed by atoms with van der Waals surface area (Å²) in [7, 11) is 1.96. The zero-order chi connectivity index (χ0) is 13.3. The molecule has 1 aromatic carbocycles. The Morgan fingerprint density at radius 1 is 1.21 bits per heavy atom. The quantitative estimate of drug-likeness (QED) is 0.863. The molecule has 3 nitrogen and oxygen atoms in total. The molecule has 0 aliphatic carbocycles. The SMILES string of the molecule is CNCc1ccc(OCCN2CCCSCC2)cc1. The van der Waals surface area contributed by atoms with E-state index in [0.29, 0.717) is 0 Å². The summed E-state index contributed by atoms with van der Waals surface area (Å²) in [4.78, 5) is 2.51. The molecular weight excluding hydrogens is 256 g/mol. The number of thioether (sulfide) groups is 1. The van der Waals surface area contributed by atoms with Crippen molar-refractivity contribution in [3.05, 3.63) is 29.8 Å². The molecule has 1 saturated heterocycles. The highest BCUT2D eigenvalue weighted by Gasteiger charge is 2.08. The molecule has 1 fully saturated rings. The largest absolute Gasteiger partial charge is 0.492 e. The normalized spacial score (nSPS) is 17.1. The summed E-state index contributed by atoms with van der Waals surface area (Å²) in [5.41, 5.74) is 1.29. The summed E-state index contributed by atoms with van der Waals surface area (Å²) in [6.45, 7) is 5.16. The van der Waals surface area contributed by atoms with Crippen molar-refractivity contribution in [3.8, 4) is 5.75 Å². The van der Waals surface area contributed by atoms with Gasteiger partial charge in [-0.05, 0) is 43.5 Å². The van der Waals surface area contributed by atoms with Crippen molar-refractivity contribution < 1.29 is 4.74 Å². The summed E-state index contributed by atoms with van der Waals surface area (Å²) in [5, 5.41) is 3.15. The predicted molar refractivity (Wildman–Crippen MR) is 83.1 cm³/mol. The molecule has 0 spiro atoms. The van der Waals surface area contributed by atoms with Gasteiger partial charge in [0.1, 0.15) is 12.4 Å². The van der Waals surface area contributed by atoms with Gasteiger partial charge in [0.15, 0.2) is 0 Å². The van der Waals surface area contributed by atoms with E-state index in [1.165, 1.54) is 36.6 Å². The van der Waals surface area contributed by atoms with Crippen LogP contribution in [0.4, 0.5) is 0 Å². The van der Waals surface area contributed by atoms with Crippen molar-refractivity contribution in [2.45, 2.75) is 13.0 Å². The first kappa shape index (κ1) is 14.7. The smallest absolute Gasteiger partial charge is 0.119 e. The van der Waals surface area contributed by atoms with Crippen LogP contribution in [0.5, 0.6) is 5.75 Å². The van der Waals surface area contributed by atoms with Crippen LogP contribution in [0.1, 0.15) is 12.0 Å². The van der Waals surface area contributed by atoms with Crippen molar-refractivity contribution in [3.63, 3.8) is 0 Å². The molecule has 0 aromatic heterocycles. The first-order valence-electron chi connectivity index (χ1n) is 7.05. The lowest BCUT2D eigenvalue weighted by Gasteiger charge is -2.19. The van der Waals surface area contributed by atoms with E-state index in [4.69, 9.17) is 4.74 Å². The van der Waals surface area contributed by atoms with Gasteiger partial charge in [-0.1, -0.05) is 12.1 Å². The Labute approximate surface area is 120 Å². The average molecular weight is 280 g/mol. The molecule has 0 amide bonds. The van der Waals surface area contributed by atoms with Crippen LogP contribution in [0, 0.1) is 0 Å². The summed E-state index contributed by atoms with van der Waals surface area (Å²) < 4.78 is 5.81. The Balaban J connectivity index is 1.69. The van der Waals surface area contributed by atoms with Crippen LogP contribution >= 0.6 is 11.8 Å². The van der Waals surface area contributed by atoms with E-state index >= 15 is 0 Å². The third-order valence-corrected chi connectivity index (χ3v) is 4.34. The van der Waals surface area contributed by atoms with Crippen LogP contribution in [0.2, 0.25) is 0 Å². The second-order valence-electron chi connectivity index (χ2n) is 4.83. The lowest BCUT2D eigenvalue weighted by Crippen LogP contribution is -2.30. The number of nitrogens with zero attached hydrogens (tertiary/aromatic N) is 1. The minimum atomic E-state index is 0.788. The zero-order valence-corrected chi connectivity index (χ0v) is 12.5. The molecule has 1 aliphatic rings. The molecule has 19 heavy (non-hydrogen) atoms. The maximum absolute atomic E-state index is 5.81. The van der Waals surface area contributed by atoms with Crippen molar-refractivity contribution in [2.75, 3.05) is 44.8 Å². The summed E-state index contributed by atoms with van der Waals surface area (Å²) in [5.74, 6) is 3.55. The van der Waals surface area contributed by atoms with Gasteiger partial charge in [-0.15, -0.1) is 0 Å². The third kappa shape index (κ3) is 5.43. The van der Waals surface area contributed by atoms with Crippen molar-refractivity contribution >= 4 is 11.8 Å².